The van der Waals surface area contributed by atoms with Crippen molar-refractivity contribution >= 4 is 11.7 Å². The number of rotatable bonds is 6. The van der Waals surface area contributed by atoms with Crippen LogP contribution in [0.2, 0.25) is 0 Å². The van der Waals surface area contributed by atoms with Crippen LogP contribution in [0.25, 0.3) is 0 Å². The number of aromatic nitrogens is 2. The quantitative estimate of drug-likeness (QED) is 0.768. The lowest BCUT2D eigenvalue weighted by atomic mass is 10.3. The van der Waals surface area contributed by atoms with Crippen LogP contribution >= 0.6 is 0 Å². The van der Waals surface area contributed by atoms with Crippen molar-refractivity contribution in [2.75, 3.05) is 51.9 Å². The minimum absolute atomic E-state index is 0.0112. The molecule has 1 saturated heterocycles. The Kier molecular flexibility index (Phi) is 5.73. The first-order chi connectivity index (χ1) is 12.7. The molecule has 0 aliphatic carbocycles. The van der Waals surface area contributed by atoms with Crippen LogP contribution in [-0.2, 0) is 4.79 Å². The summed E-state index contributed by atoms with van der Waals surface area (Å²) in [6.07, 6.45) is 0. The predicted octanol–water partition coefficient (Wildman–Crippen LogP) is 1.22. The van der Waals surface area contributed by atoms with Crippen LogP contribution in [-0.4, -0.2) is 68.0 Å². The topological polar surface area (TPSA) is 77.0 Å². The molecule has 8 heteroatoms. The average molecular weight is 358 g/mol. The standard InChI is InChI=1S/C18H22N4O4/c1-24-14-5-3-4-6-15(14)26-13-18(23)22-11-9-21(10-12-22)16-7-8-17(25-2)20-19-16/h3-8H,9-13H2,1-2H3. The number of nitrogens with zero attached hydrogens (tertiary/aromatic N) is 4. The Morgan fingerprint density at radius 1 is 0.962 bits per heavy atom. The second-order valence-electron chi connectivity index (χ2n) is 5.74. The van der Waals surface area contributed by atoms with Crippen LogP contribution in [0, 0.1) is 0 Å². The largest absolute Gasteiger partial charge is 0.493 e. The molecule has 2 aromatic rings. The van der Waals surface area contributed by atoms with E-state index in [4.69, 9.17) is 14.2 Å². The molecule has 26 heavy (non-hydrogen) atoms. The summed E-state index contributed by atoms with van der Waals surface area (Å²) in [5.74, 6) is 2.40. The molecular weight excluding hydrogens is 336 g/mol. The molecular formula is C18H22N4O4. The number of amides is 1. The van der Waals surface area contributed by atoms with E-state index in [1.54, 1.807) is 37.3 Å². The highest BCUT2D eigenvalue weighted by molar-refractivity contribution is 5.78. The van der Waals surface area contributed by atoms with Crippen molar-refractivity contribution in [3.05, 3.63) is 36.4 Å². The zero-order valence-electron chi connectivity index (χ0n) is 14.9. The monoisotopic (exact) mass is 358 g/mol. The van der Waals surface area contributed by atoms with Gasteiger partial charge in [-0.1, -0.05) is 12.1 Å². The summed E-state index contributed by atoms with van der Waals surface area (Å²) in [7, 11) is 3.13. The molecule has 0 unspecified atom stereocenters. The van der Waals surface area contributed by atoms with Gasteiger partial charge in [0.1, 0.15) is 0 Å². The van der Waals surface area contributed by atoms with E-state index in [2.05, 4.69) is 15.1 Å². The maximum Gasteiger partial charge on any atom is 0.260 e. The van der Waals surface area contributed by atoms with Crippen LogP contribution in [0.15, 0.2) is 36.4 Å². The van der Waals surface area contributed by atoms with Crippen molar-refractivity contribution in [3.63, 3.8) is 0 Å². The number of anilines is 1. The van der Waals surface area contributed by atoms with Crippen molar-refractivity contribution in [1.29, 1.82) is 0 Å². The number of benzene rings is 1. The van der Waals surface area contributed by atoms with Gasteiger partial charge in [0.15, 0.2) is 23.9 Å². The van der Waals surface area contributed by atoms with Gasteiger partial charge in [-0.05, 0) is 18.2 Å². The number of methoxy groups -OCH3 is 2. The second kappa shape index (κ2) is 8.37. The van der Waals surface area contributed by atoms with Gasteiger partial charge in [0.05, 0.1) is 14.2 Å². The summed E-state index contributed by atoms with van der Waals surface area (Å²) in [5, 5.41) is 8.13. The summed E-state index contributed by atoms with van der Waals surface area (Å²) in [6, 6.07) is 10.9. The van der Waals surface area contributed by atoms with Crippen molar-refractivity contribution < 1.29 is 19.0 Å². The SMILES string of the molecule is COc1ccc(N2CCN(C(=O)COc3ccccc3OC)CC2)nn1. The third-order valence-corrected chi connectivity index (χ3v) is 4.21. The fraction of sp³-hybridized carbons (Fsp3) is 0.389. The maximum atomic E-state index is 12.4. The second-order valence-corrected chi connectivity index (χ2v) is 5.74. The van der Waals surface area contributed by atoms with Gasteiger partial charge in [-0.2, -0.15) is 0 Å². The Labute approximate surface area is 152 Å². The zero-order valence-corrected chi connectivity index (χ0v) is 14.9. The Balaban J connectivity index is 1.50. The van der Waals surface area contributed by atoms with Crippen LogP contribution in [0.1, 0.15) is 0 Å². The first-order valence-electron chi connectivity index (χ1n) is 8.37. The molecule has 1 aliphatic heterocycles. The lowest BCUT2D eigenvalue weighted by Gasteiger charge is -2.35. The summed E-state index contributed by atoms with van der Waals surface area (Å²) in [4.78, 5) is 16.3. The Morgan fingerprint density at radius 3 is 2.31 bits per heavy atom. The van der Waals surface area contributed by atoms with Gasteiger partial charge in [0.2, 0.25) is 5.88 Å². The molecule has 138 valence electrons. The van der Waals surface area contributed by atoms with Crippen LogP contribution < -0.4 is 19.1 Å². The number of carbonyl (C=O) groups is 1. The van der Waals surface area contributed by atoms with Crippen LogP contribution in [0.5, 0.6) is 17.4 Å². The highest BCUT2D eigenvalue weighted by Gasteiger charge is 2.22. The number of carbonyl (C=O) groups excluding carboxylic acids is 1. The lowest BCUT2D eigenvalue weighted by Crippen LogP contribution is -2.50. The molecule has 3 rings (SSSR count). The first kappa shape index (κ1) is 17.8. The fourth-order valence-electron chi connectivity index (χ4n) is 2.74. The highest BCUT2D eigenvalue weighted by atomic mass is 16.5. The number of para-hydroxylation sites is 2. The minimum Gasteiger partial charge on any atom is -0.493 e. The molecule has 0 bridgehead atoms. The third-order valence-electron chi connectivity index (χ3n) is 4.21. The Bertz CT molecular complexity index is 730. The zero-order chi connectivity index (χ0) is 18.4. The molecule has 0 saturated carbocycles. The van der Waals surface area contributed by atoms with E-state index in [0.717, 1.165) is 5.82 Å². The van der Waals surface area contributed by atoms with Gasteiger partial charge in [0, 0.05) is 32.2 Å². The highest BCUT2D eigenvalue weighted by Crippen LogP contribution is 2.25. The van der Waals surface area contributed by atoms with E-state index in [1.165, 1.54) is 0 Å². The molecule has 2 heterocycles. The molecule has 8 nitrogen and oxygen atoms in total. The molecule has 0 radical (unpaired) electrons. The van der Waals surface area contributed by atoms with Crippen molar-refractivity contribution in [3.8, 4) is 17.4 Å². The average Bonchev–Trinajstić information content (AvgIpc) is 2.72. The third kappa shape index (κ3) is 4.14. The maximum absolute atomic E-state index is 12.4. The fourth-order valence-corrected chi connectivity index (χ4v) is 2.74. The van der Waals surface area contributed by atoms with Gasteiger partial charge in [-0.15, -0.1) is 10.2 Å². The normalized spacial score (nSPS) is 14.1. The molecule has 1 fully saturated rings. The molecule has 1 aliphatic rings. The number of hydrogen-bond acceptors (Lipinski definition) is 7. The van der Waals surface area contributed by atoms with Crippen molar-refractivity contribution in [1.82, 2.24) is 15.1 Å². The van der Waals surface area contributed by atoms with Crippen LogP contribution in [0.3, 0.4) is 0 Å². The molecule has 1 amide bonds. The van der Waals surface area contributed by atoms with Gasteiger partial charge in [-0.3, -0.25) is 4.79 Å². The molecule has 0 N–H and O–H groups in total. The van der Waals surface area contributed by atoms with E-state index in [9.17, 15) is 4.79 Å². The molecule has 1 aromatic heterocycles. The van der Waals surface area contributed by atoms with E-state index < -0.39 is 0 Å². The molecule has 0 spiro atoms. The van der Waals surface area contributed by atoms with Gasteiger partial charge >= 0.3 is 0 Å². The summed E-state index contributed by atoms with van der Waals surface area (Å²) in [6.45, 7) is 2.61. The van der Waals surface area contributed by atoms with E-state index >= 15 is 0 Å². The van der Waals surface area contributed by atoms with Gasteiger partial charge < -0.3 is 24.0 Å². The first-order valence-corrected chi connectivity index (χ1v) is 8.37. The molecule has 0 atom stereocenters. The number of ether oxygens (including phenoxy) is 3. The molecule has 1 aromatic carbocycles. The van der Waals surface area contributed by atoms with Gasteiger partial charge in [0.25, 0.3) is 5.91 Å². The smallest absolute Gasteiger partial charge is 0.260 e. The van der Waals surface area contributed by atoms with Gasteiger partial charge in [-0.25, -0.2) is 0 Å². The van der Waals surface area contributed by atoms with E-state index in [0.29, 0.717) is 43.6 Å². The number of hydrogen-bond donors (Lipinski definition) is 0. The number of piperazine rings is 1. The summed E-state index contributed by atoms with van der Waals surface area (Å²) in [5.41, 5.74) is 0. The van der Waals surface area contributed by atoms with Crippen molar-refractivity contribution in [2.45, 2.75) is 0 Å². The Hall–Kier alpha value is -3.03. The minimum atomic E-state index is -0.0450. The summed E-state index contributed by atoms with van der Waals surface area (Å²) < 4.78 is 15.9. The summed E-state index contributed by atoms with van der Waals surface area (Å²) >= 11 is 0. The Morgan fingerprint density at radius 2 is 1.69 bits per heavy atom. The van der Waals surface area contributed by atoms with Crippen molar-refractivity contribution in [2.24, 2.45) is 0 Å². The van der Waals surface area contributed by atoms with E-state index in [-0.39, 0.29) is 12.5 Å². The van der Waals surface area contributed by atoms with E-state index in [1.807, 2.05) is 18.2 Å². The van der Waals surface area contributed by atoms with Crippen LogP contribution in [0.4, 0.5) is 5.82 Å². The lowest BCUT2D eigenvalue weighted by molar-refractivity contribution is -0.133. The predicted molar refractivity (Wildman–Crippen MR) is 95.9 cm³/mol.